The summed E-state index contributed by atoms with van der Waals surface area (Å²) in [5.74, 6) is 1.13. The van der Waals surface area contributed by atoms with Crippen molar-refractivity contribution in [2.45, 2.75) is 51.3 Å². The topological polar surface area (TPSA) is 40.5 Å². The van der Waals surface area contributed by atoms with Gasteiger partial charge in [-0.1, -0.05) is 44.2 Å². The van der Waals surface area contributed by atoms with E-state index in [1.165, 1.54) is 11.8 Å². The summed E-state index contributed by atoms with van der Waals surface area (Å²) in [6.45, 7) is 6.34. The third kappa shape index (κ3) is 4.07. The number of rotatable bonds is 5. The van der Waals surface area contributed by atoms with Gasteiger partial charge >= 0.3 is 0 Å². The van der Waals surface area contributed by atoms with Crippen molar-refractivity contribution in [3.63, 3.8) is 0 Å². The third-order valence-electron chi connectivity index (χ3n) is 3.71. The fraction of sp³-hybridized carbons (Fsp3) is 0.444. The molecular weight excluding hydrogens is 280 g/mol. The molecular formula is C18H24O2S. The monoisotopic (exact) mass is 304 g/mol. The Labute approximate surface area is 131 Å². The van der Waals surface area contributed by atoms with Crippen molar-refractivity contribution in [1.82, 2.24) is 0 Å². The minimum absolute atomic E-state index is 0.328. The molecule has 3 heteroatoms. The predicted octanol–water partition coefficient (Wildman–Crippen LogP) is 5.50. The van der Waals surface area contributed by atoms with Gasteiger partial charge in [-0.15, -0.1) is 0 Å². The first kappa shape index (κ1) is 16.0. The van der Waals surface area contributed by atoms with Crippen LogP contribution >= 0.6 is 11.8 Å². The average molecular weight is 304 g/mol. The molecule has 0 amide bonds. The second-order valence-corrected chi connectivity index (χ2v) is 6.96. The van der Waals surface area contributed by atoms with Crippen LogP contribution in [0.4, 0.5) is 0 Å². The standard InChI is InChI=1S/C18H24O2S/c1-4-5-6-14-9-13(3)11-17(18(14)20)21-16-10-12(2)7-8-15(16)19/h7-9,11-12,19-20H,4-6,10H2,1-3H3/t12-/m1/s1. The number of unbranched alkanes of at least 4 members (excludes halogenated alkanes) is 1. The second-order valence-electron chi connectivity index (χ2n) is 5.83. The van der Waals surface area contributed by atoms with Crippen LogP contribution in [-0.2, 0) is 6.42 Å². The number of phenols is 1. The van der Waals surface area contributed by atoms with Gasteiger partial charge in [-0.05, 0) is 55.4 Å². The molecule has 1 aliphatic carbocycles. The van der Waals surface area contributed by atoms with Gasteiger partial charge in [0.1, 0.15) is 11.5 Å². The number of aliphatic hydroxyl groups is 1. The molecule has 0 unspecified atom stereocenters. The second kappa shape index (κ2) is 7.08. The lowest BCUT2D eigenvalue weighted by Gasteiger charge is -2.18. The Kier molecular flexibility index (Phi) is 5.40. The van der Waals surface area contributed by atoms with Crippen molar-refractivity contribution in [2.24, 2.45) is 5.92 Å². The minimum Gasteiger partial charge on any atom is -0.507 e. The van der Waals surface area contributed by atoms with Gasteiger partial charge in [0.05, 0.1) is 4.90 Å². The van der Waals surface area contributed by atoms with Crippen LogP contribution in [0.15, 0.2) is 39.8 Å². The van der Waals surface area contributed by atoms with Crippen molar-refractivity contribution in [1.29, 1.82) is 0 Å². The predicted molar refractivity (Wildman–Crippen MR) is 89.9 cm³/mol. The van der Waals surface area contributed by atoms with E-state index in [2.05, 4.69) is 26.8 Å². The van der Waals surface area contributed by atoms with E-state index in [1.807, 2.05) is 12.1 Å². The van der Waals surface area contributed by atoms with Crippen LogP contribution in [0.2, 0.25) is 0 Å². The van der Waals surface area contributed by atoms with Gasteiger partial charge in [-0.3, -0.25) is 0 Å². The molecule has 0 aliphatic heterocycles. The fourth-order valence-corrected chi connectivity index (χ4v) is 3.75. The Morgan fingerprint density at radius 2 is 2.05 bits per heavy atom. The van der Waals surface area contributed by atoms with E-state index in [1.54, 1.807) is 6.08 Å². The van der Waals surface area contributed by atoms with Crippen molar-refractivity contribution in [3.8, 4) is 5.75 Å². The lowest BCUT2D eigenvalue weighted by molar-refractivity contribution is 0.420. The van der Waals surface area contributed by atoms with Crippen LogP contribution in [0.1, 0.15) is 44.2 Å². The first-order valence-electron chi connectivity index (χ1n) is 7.62. The number of aryl methyl sites for hydroxylation is 2. The first-order valence-corrected chi connectivity index (χ1v) is 8.43. The molecule has 1 atom stereocenters. The number of phenolic OH excluding ortho intramolecular Hbond substituents is 1. The maximum Gasteiger partial charge on any atom is 0.132 e. The van der Waals surface area contributed by atoms with Crippen LogP contribution < -0.4 is 0 Å². The maximum absolute atomic E-state index is 10.5. The van der Waals surface area contributed by atoms with Gasteiger partial charge in [-0.25, -0.2) is 0 Å². The van der Waals surface area contributed by atoms with E-state index in [4.69, 9.17) is 0 Å². The maximum atomic E-state index is 10.5. The highest BCUT2D eigenvalue weighted by Crippen LogP contribution is 2.42. The third-order valence-corrected chi connectivity index (χ3v) is 4.86. The molecule has 2 nitrogen and oxygen atoms in total. The number of aliphatic hydroxyl groups excluding tert-OH is 1. The van der Waals surface area contributed by atoms with Crippen molar-refractivity contribution in [2.75, 3.05) is 0 Å². The van der Waals surface area contributed by atoms with Gasteiger partial charge in [0.25, 0.3) is 0 Å². The van der Waals surface area contributed by atoms with Gasteiger partial charge in [-0.2, -0.15) is 0 Å². The summed E-state index contributed by atoms with van der Waals surface area (Å²) in [6, 6.07) is 4.06. The van der Waals surface area contributed by atoms with Crippen molar-refractivity contribution >= 4 is 11.8 Å². The molecule has 0 aromatic heterocycles. The van der Waals surface area contributed by atoms with E-state index in [9.17, 15) is 10.2 Å². The molecule has 114 valence electrons. The SMILES string of the molecule is CCCCc1cc(C)cc(SC2=C(O)C=C[C@@H](C)C2)c1O. The van der Waals surface area contributed by atoms with Gasteiger partial charge in [0, 0.05) is 4.91 Å². The molecule has 0 saturated carbocycles. The first-order chi connectivity index (χ1) is 10.0. The Balaban J connectivity index is 2.27. The summed E-state index contributed by atoms with van der Waals surface area (Å²) in [5.41, 5.74) is 2.17. The summed E-state index contributed by atoms with van der Waals surface area (Å²) < 4.78 is 0. The Bertz CT molecular complexity index is 573. The normalized spacial score (nSPS) is 18.3. The van der Waals surface area contributed by atoms with Gasteiger partial charge in [0.15, 0.2) is 0 Å². The summed E-state index contributed by atoms with van der Waals surface area (Å²) in [7, 11) is 0. The summed E-state index contributed by atoms with van der Waals surface area (Å²) in [4.78, 5) is 1.79. The molecule has 0 fully saturated rings. The molecule has 1 aromatic rings. The van der Waals surface area contributed by atoms with Crippen molar-refractivity contribution < 1.29 is 10.2 Å². The van der Waals surface area contributed by atoms with E-state index in [-0.39, 0.29) is 0 Å². The molecule has 1 aromatic carbocycles. The zero-order valence-electron chi connectivity index (χ0n) is 13.0. The van der Waals surface area contributed by atoms with Crippen LogP contribution in [0.3, 0.4) is 0 Å². The molecule has 0 spiro atoms. The molecule has 2 N–H and O–H groups in total. The molecule has 0 heterocycles. The molecule has 2 rings (SSSR count). The largest absolute Gasteiger partial charge is 0.507 e. The number of hydrogen-bond acceptors (Lipinski definition) is 3. The molecule has 0 saturated heterocycles. The number of hydrogen-bond donors (Lipinski definition) is 2. The zero-order valence-corrected chi connectivity index (χ0v) is 13.8. The van der Waals surface area contributed by atoms with E-state index in [0.717, 1.165) is 46.6 Å². The number of allylic oxidation sites excluding steroid dienone is 3. The van der Waals surface area contributed by atoms with E-state index >= 15 is 0 Å². The Morgan fingerprint density at radius 1 is 1.29 bits per heavy atom. The van der Waals surface area contributed by atoms with Gasteiger partial charge in [0.2, 0.25) is 0 Å². The molecule has 21 heavy (non-hydrogen) atoms. The van der Waals surface area contributed by atoms with Crippen molar-refractivity contribution in [3.05, 3.63) is 46.1 Å². The molecule has 0 radical (unpaired) electrons. The zero-order chi connectivity index (χ0) is 15.4. The van der Waals surface area contributed by atoms with Crippen LogP contribution in [0, 0.1) is 12.8 Å². The summed E-state index contributed by atoms with van der Waals surface area (Å²) in [5, 5.41) is 20.5. The van der Waals surface area contributed by atoms with Gasteiger partial charge < -0.3 is 10.2 Å². The fourth-order valence-electron chi connectivity index (χ4n) is 2.49. The number of thioether (sulfide) groups is 1. The lowest BCUT2D eigenvalue weighted by atomic mass is 10.0. The summed E-state index contributed by atoms with van der Waals surface area (Å²) >= 11 is 1.49. The van der Waals surface area contributed by atoms with Crippen LogP contribution in [0.5, 0.6) is 5.75 Å². The highest BCUT2D eigenvalue weighted by atomic mass is 32.2. The Hall–Kier alpha value is -1.35. The summed E-state index contributed by atoms with van der Waals surface area (Å²) in [6.07, 6.45) is 7.70. The number of benzene rings is 1. The lowest BCUT2D eigenvalue weighted by Crippen LogP contribution is -2.00. The number of aromatic hydroxyl groups is 1. The van der Waals surface area contributed by atoms with E-state index < -0.39 is 0 Å². The average Bonchev–Trinajstić information content (AvgIpc) is 2.44. The van der Waals surface area contributed by atoms with Crippen LogP contribution in [-0.4, -0.2) is 10.2 Å². The highest BCUT2D eigenvalue weighted by molar-refractivity contribution is 8.03. The molecule has 1 aliphatic rings. The van der Waals surface area contributed by atoms with Crippen LogP contribution in [0.25, 0.3) is 0 Å². The molecule has 0 bridgehead atoms. The smallest absolute Gasteiger partial charge is 0.132 e. The quantitative estimate of drug-likeness (QED) is 0.754. The minimum atomic E-state index is 0.328. The van der Waals surface area contributed by atoms with E-state index in [0.29, 0.717) is 17.4 Å². The highest BCUT2D eigenvalue weighted by Gasteiger charge is 2.17. The Morgan fingerprint density at radius 3 is 2.76 bits per heavy atom.